The molecule has 0 radical (unpaired) electrons. The van der Waals surface area contributed by atoms with Crippen LogP contribution < -0.4 is 14.5 Å². The van der Waals surface area contributed by atoms with Crippen molar-refractivity contribution < 1.29 is 14.3 Å². The van der Waals surface area contributed by atoms with Crippen LogP contribution in [0.4, 0.5) is 11.1 Å². The standard InChI is InChI=1S/C20H21IN6O3S/c1-12-11-29-9-8-27(12)18-23-17(15-10-22-20(31-15)26(2)3)24-19(25-18)30-14-6-4-13(5-7-14)16(21)28/h4-7,10,12H,8-9,11H2,1-3H3/t12-/m0/s1. The summed E-state index contributed by atoms with van der Waals surface area (Å²) in [5.41, 5.74) is 0.605. The van der Waals surface area contributed by atoms with Gasteiger partial charge in [-0.25, -0.2) is 4.98 Å². The minimum atomic E-state index is -0.0305. The van der Waals surface area contributed by atoms with E-state index in [4.69, 9.17) is 14.5 Å². The van der Waals surface area contributed by atoms with Crippen LogP contribution in [-0.4, -0.2) is 63.6 Å². The summed E-state index contributed by atoms with van der Waals surface area (Å²) in [6.45, 7) is 3.97. The highest BCUT2D eigenvalue weighted by Crippen LogP contribution is 2.31. The Kier molecular flexibility index (Phi) is 6.62. The Hall–Kier alpha value is -2.38. The van der Waals surface area contributed by atoms with E-state index in [-0.39, 0.29) is 15.8 Å². The first kappa shape index (κ1) is 21.8. The highest BCUT2D eigenvalue weighted by molar-refractivity contribution is 14.1. The van der Waals surface area contributed by atoms with Gasteiger partial charge in [0.2, 0.25) is 9.74 Å². The van der Waals surface area contributed by atoms with E-state index in [1.54, 1.807) is 53.1 Å². The molecule has 3 heterocycles. The third-order valence-electron chi connectivity index (χ3n) is 4.61. The average molecular weight is 552 g/mol. The van der Waals surface area contributed by atoms with Gasteiger partial charge in [-0.15, -0.1) is 0 Å². The van der Waals surface area contributed by atoms with Crippen molar-refractivity contribution in [2.75, 3.05) is 43.7 Å². The average Bonchev–Trinajstić information content (AvgIpc) is 3.25. The fraction of sp³-hybridized carbons (Fsp3) is 0.350. The number of hydrogen-bond acceptors (Lipinski definition) is 10. The van der Waals surface area contributed by atoms with Gasteiger partial charge in [-0.1, -0.05) is 11.3 Å². The topological polar surface area (TPSA) is 93.6 Å². The molecular formula is C20H21IN6O3S. The molecule has 2 aromatic heterocycles. The SMILES string of the molecule is C[C@H]1COCCN1c1nc(Oc2ccc(C(=O)I)cc2)nc(-c2cnc(N(C)C)s2)n1. The maximum absolute atomic E-state index is 11.5. The van der Waals surface area contributed by atoms with Crippen LogP contribution in [0.25, 0.3) is 10.7 Å². The lowest BCUT2D eigenvalue weighted by Gasteiger charge is -2.33. The van der Waals surface area contributed by atoms with Crippen molar-refractivity contribution in [2.24, 2.45) is 0 Å². The smallest absolute Gasteiger partial charge is 0.327 e. The Labute approximate surface area is 197 Å². The number of carbonyl (C=O) groups excluding carboxylic acids is 1. The molecule has 0 aliphatic carbocycles. The zero-order chi connectivity index (χ0) is 22.0. The van der Waals surface area contributed by atoms with E-state index in [0.717, 1.165) is 10.0 Å². The van der Waals surface area contributed by atoms with Crippen LogP contribution in [0, 0.1) is 0 Å². The van der Waals surface area contributed by atoms with E-state index >= 15 is 0 Å². The second kappa shape index (κ2) is 9.40. The van der Waals surface area contributed by atoms with Crippen LogP contribution >= 0.6 is 33.9 Å². The van der Waals surface area contributed by atoms with Gasteiger partial charge in [0.05, 0.1) is 30.3 Å². The second-order valence-corrected chi connectivity index (χ2v) is 9.15. The normalized spacial score (nSPS) is 16.3. The molecule has 0 unspecified atom stereocenters. The monoisotopic (exact) mass is 552 g/mol. The number of ether oxygens (including phenoxy) is 2. The van der Waals surface area contributed by atoms with Crippen molar-refractivity contribution in [1.29, 1.82) is 0 Å². The Bertz CT molecular complexity index is 1080. The quantitative estimate of drug-likeness (QED) is 0.336. The van der Waals surface area contributed by atoms with Crippen LogP contribution in [0.5, 0.6) is 11.8 Å². The van der Waals surface area contributed by atoms with Crippen molar-refractivity contribution >= 4 is 48.8 Å². The van der Waals surface area contributed by atoms with Crippen molar-refractivity contribution in [3.8, 4) is 22.5 Å². The number of halogens is 1. The van der Waals surface area contributed by atoms with Crippen molar-refractivity contribution in [3.05, 3.63) is 36.0 Å². The summed E-state index contributed by atoms with van der Waals surface area (Å²) in [6, 6.07) is 7.19. The van der Waals surface area contributed by atoms with Crippen molar-refractivity contribution in [2.45, 2.75) is 13.0 Å². The molecule has 1 saturated heterocycles. The molecule has 0 bridgehead atoms. The lowest BCUT2D eigenvalue weighted by atomic mass is 10.2. The summed E-state index contributed by atoms with van der Waals surface area (Å²) in [7, 11) is 3.88. The second-order valence-electron chi connectivity index (χ2n) is 7.16. The first-order valence-electron chi connectivity index (χ1n) is 9.62. The lowest BCUT2D eigenvalue weighted by Crippen LogP contribution is -2.44. The summed E-state index contributed by atoms with van der Waals surface area (Å²) in [4.78, 5) is 34.6. The van der Waals surface area contributed by atoms with Gasteiger partial charge in [0.15, 0.2) is 11.0 Å². The van der Waals surface area contributed by atoms with Gasteiger partial charge in [0, 0.05) is 48.8 Å². The first-order chi connectivity index (χ1) is 14.9. The molecule has 1 aliphatic rings. The van der Waals surface area contributed by atoms with E-state index in [0.29, 0.717) is 42.8 Å². The molecule has 0 spiro atoms. The summed E-state index contributed by atoms with van der Waals surface area (Å²) < 4.78 is 11.5. The number of aromatic nitrogens is 4. The number of morpholine rings is 1. The molecule has 0 N–H and O–H groups in total. The number of hydrogen-bond donors (Lipinski definition) is 0. The van der Waals surface area contributed by atoms with E-state index < -0.39 is 0 Å². The van der Waals surface area contributed by atoms with Gasteiger partial charge in [0.25, 0.3) is 0 Å². The summed E-state index contributed by atoms with van der Waals surface area (Å²) in [6.07, 6.45) is 1.76. The van der Waals surface area contributed by atoms with Crippen LogP contribution in [0.3, 0.4) is 0 Å². The number of carbonyl (C=O) groups is 1. The molecular weight excluding hydrogens is 531 g/mol. The molecule has 3 aromatic rings. The number of nitrogens with zero attached hydrogens (tertiary/aromatic N) is 6. The van der Waals surface area contributed by atoms with Crippen LogP contribution in [0.15, 0.2) is 30.5 Å². The molecule has 4 rings (SSSR count). The molecule has 1 atom stereocenters. The van der Waals surface area contributed by atoms with Gasteiger partial charge < -0.3 is 19.3 Å². The third kappa shape index (κ3) is 5.10. The molecule has 11 heteroatoms. The fourth-order valence-electron chi connectivity index (χ4n) is 2.99. The molecule has 1 aliphatic heterocycles. The van der Waals surface area contributed by atoms with Crippen molar-refractivity contribution in [3.63, 3.8) is 0 Å². The van der Waals surface area contributed by atoms with Gasteiger partial charge in [-0.05, 0) is 31.2 Å². The van der Waals surface area contributed by atoms with Crippen LogP contribution in [-0.2, 0) is 4.74 Å². The Morgan fingerprint density at radius 2 is 2.03 bits per heavy atom. The van der Waals surface area contributed by atoms with Crippen molar-refractivity contribution in [1.82, 2.24) is 19.9 Å². The Morgan fingerprint density at radius 3 is 2.68 bits per heavy atom. The highest BCUT2D eigenvalue weighted by Gasteiger charge is 2.24. The zero-order valence-corrected chi connectivity index (χ0v) is 20.3. The fourth-order valence-corrected chi connectivity index (χ4v) is 4.12. The lowest BCUT2D eigenvalue weighted by molar-refractivity contribution is 0.0980. The predicted molar refractivity (Wildman–Crippen MR) is 128 cm³/mol. The van der Waals surface area contributed by atoms with E-state index in [1.807, 2.05) is 19.0 Å². The van der Waals surface area contributed by atoms with Crippen LogP contribution in [0.1, 0.15) is 17.3 Å². The van der Waals surface area contributed by atoms with E-state index in [2.05, 4.69) is 26.8 Å². The van der Waals surface area contributed by atoms with Crippen LogP contribution in [0.2, 0.25) is 0 Å². The molecule has 0 saturated carbocycles. The molecule has 31 heavy (non-hydrogen) atoms. The third-order valence-corrected chi connectivity index (χ3v) is 6.40. The molecule has 1 aromatic carbocycles. The molecule has 162 valence electrons. The summed E-state index contributed by atoms with van der Waals surface area (Å²) >= 11 is 3.25. The number of anilines is 2. The first-order valence-corrected chi connectivity index (χ1v) is 11.5. The molecule has 9 nitrogen and oxygen atoms in total. The van der Waals surface area contributed by atoms with E-state index in [1.165, 1.54) is 11.3 Å². The maximum Gasteiger partial charge on any atom is 0.327 e. The Morgan fingerprint density at radius 1 is 1.26 bits per heavy atom. The van der Waals surface area contributed by atoms with Gasteiger partial charge in [-0.2, -0.15) is 15.0 Å². The maximum atomic E-state index is 11.5. The zero-order valence-electron chi connectivity index (χ0n) is 17.3. The van der Waals surface area contributed by atoms with Gasteiger partial charge in [-0.3, -0.25) is 4.79 Å². The van der Waals surface area contributed by atoms with E-state index in [9.17, 15) is 4.79 Å². The minimum absolute atomic E-state index is 0.0305. The number of benzene rings is 1. The Balaban J connectivity index is 1.70. The van der Waals surface area contributed by atoms with Gasteiger partial charge in [0.1, 0.15) is 5.75 Å². The summed E-state index contributed by atoms with van der Waals surface area (Å²) in [5.74, 6) is 1.58. The minimum Gasteiger partial charge on any atom is -0.424 e. The summed E-state index contributed by atoms with van der Waals surface area (Å²) in [5, 5.41) is 0.859. The molecule has 1 fully saturated rings. The van der Waals surface area contributed by atoms with Gasteiger partial charge >= 0.3 is 6.01 Å². The molecule has 0 amide bonds. The highest BCUT2D eigenvalue weighted by atomic mass is 127. The number of thiazole rings is 1. The number of rotatable bonds is 6. The predicted octanol–water partition coefficient (Wildman–Crippen LogP) is 3.65. The largest absolute Gasteiger partial charge is 0.424 e.